The molecule has 0 amide bonds. The molecule has 0 fully saturated rings. The SMILES string of the molecule is N#CC(C#N)=C(N)/C(C#N)=C/c1ccc(-c2ccc(S(N)(=O)=O)cc2)o1. The quantitative estimate of drug-likeness (QED) is 0.613. The fourth-order valence-corrected chi connectivity index (χ4v) is 2.50. The summed E-state index contributed by atoms with van der Waals surface area (Å²) >= 11 is 0. The Morgan fingerprint density at radius 1 is 1.00 bits per heavy atom. The predicted molar refractivity (Wildman–Crippen MR) is 91.5 cm³/mol. The second-order valence-electron chi connectivity index (χ2n) is 4.95. The Hall–Kier alpha value is -3.84. The van der Waals surface area contributed by atoms with Crippen LogP contribution < -0.4 is 10.9 Å². The normalized spacial score (nSPS) is 11.1. The monoisotopic (exact) mass is 365 g/mol. The van der Waals surface area contributed by atoms with Crippen LogP contribution in [-0.4, -0.2) is 8.42 Å². The summed E-state index contributed by atoms with van der Waals surface area (Å²) in [5.74, 6) is 0.683. The van der Waals surface area contributed by atoms with Crippen LogP contribution >= 0.6 is 0 Å². The van der Waals surface area contributed by atoms with E-state index in [0.29, 0.717) is 11.3 Å². The van der Waals surface area contributed by atoms with Crippen LogP contribution in [0.25, 0.3) is 17.4 Å². The molecule has 0 spiro atoms. The average Bonchev–Trinajstić information content (AvgIpc) is 3.08. The molecule has 128 valence electrons. The minimum atomic E-state index is -3.79. The van der Waals surface area contributed by atoms with Crippen molar-refractivity contribution in [3.05, 3.63) is 59.0 Å². The first-order chi connectivity index (χ1) is 12.3. The Bertz CT molecular complexity index is 1120. The highest BCUT2D eigenvalue weighted by Gasteiger charge is 2.11. The fourth-order valence-electron chi connectivity index (χ4n) is 1.99. The Labute approximate surface area is 149 Å². The third-order valence-electron chi connectivity index (χ3n) is 3.28. The Morgan fingerprint density at radius 3 is 2.12 bits per heavy atom. The van der Waals surface area contributed by atoms with Crippen LogP contribution in [0.2, 0.25) is 0 Å². The summed E-state index contributed by atoms with van der Waals surface area (Å²) in [5.41, 5.74) is 5.54. The topological polar surface area (TPSA) is 171 Å². The highest BCUT2D eigenvalue weighted by molar-refractivity contribution is 7.89. The van der Waals surface area contributed by atoms with Crippen LogP contribution in [-0.2, 0) is 10.0 Å². The molecule has 0 atom stereocenters. The van der Waals surface area contributed by atoms with E-state index in [1.165, 1.54) is 30.3 Å². The number of primary sulfonamides is 1. The van der Waals surface area contributed by atoms with Crippen molar-refractivity contribution in [3.63, 3.8) is 0 Å². The van der Waals surface area contributed by atoms with Crippen molar-refractivity contribution >= 4 is 16.1 Å². The van der Waals surface area contributed by atoms with Gasteiger partial charge in [-0.05, 0) is 36.4 Å². The number of rotatable bonds is 4. The first-order valence-corrected chi connectivity index (χ1v) is 8.50. The van der Waals surface area contributed by atoms with E-state index in [-0.39, 0.29) is 27.5 Å². The van der Waals surface area contributed by atoms with Gasteiger partial charge in [0.1, 0.15) is 29.7 Å². The summed E-state index contributed by atoms with van der Waals surface area (Å²) in [4.78, 5) is -0.0295. The maximum absolute atomic E-state index is 11.3. The number of hydrogen-bond donors (Lipinski definition) is 2. The van der Waals surface area contributed by atoms with Crippen molar-refractivity contribution in [2.24, 2.45) is 10.9 Å². The van der Waals surface area contributed by atoms with E-state index < -0.39 is 10.0 Å². The zero-order valence-electron chi connectivity index (χ0n) is 13.2. The first kappa shape index (κ1) is 18.5. The van der Waals surface area contributed by atoms with E-state index in [4.69, 9.17) is 31.1 Å². The van der Waals surface area contributed by atoms with E-state index in [1.807, 2.05) is 6.07 Å². The van der Waals surface area contributed by atoms with E-state index in [2.05, 4.69) is 0 Å². The molecule has 26 heavy (non-hydrogen) atoms. The van der Waals surface area contributed by atoms with Crippen molar-refractivity contribution < 1.29 is 12.8 Å². The molecule has 0 saturated carbocycles. The van der Waals surface area contributed by atoms with Gasteiger partial charge in [-0.3, -0.25) is 0 Å². The zero-order valence-corrected chi connectivity index (χ0v) is 14.0. The number of sulfonamides is 1. The van der Waals surface area contributed by atoms with Crippen LogP contribution in [0.1, 0.15) is 5.76 Å². The van der Waals surface area contributed by atoms with Crippen molar-refractivity contribution in [2.75, 3.05) is 0 Å². The minimum absolute atomic E-state index is 0.0295. The average molecular weight is 365 g/mol. The number of furan rings is 1. The summed E-state index contributed by atoms with van der Waals surface area (Å²) in [5, 5.41) is 31.8. The lowest BCUT2D eigenvalue weighted by molar-refractivity contribution is 0.571. The molecule has 0 unspecified atom stereocenters. The second-order valence-corrected chi connectivity index (χ2v) is 6.51. The minimum Gasteiger partial charge on any atom is -0.457 e. The fraction of sp³-hybridized carbons (Fsp3) is 0. The lowest BCUT2D eigenvalue weighted by Gasteiger charge is -2.00. The van der Waals surface area contributed by atoms with E-state index in [9.17, 15) is 8.42 Å². The maximum Gasteiger partial charge on any atom is 0.238 e. The summed E-state index contributed by atoms with van der Waals surface area (Å²) < 4.78 is 28.1. The Balaban J connectivity index is 2.39. The number of benzene rings is 1. The van der Waals surface area contributed by atoms with Crippen molar-refractivity contribution in [2.45, 2.75) is 4.90 Å². The molecule has 8 nitrogen and oxygen atoms in total. The molecule has 0 radical (unpaired) electrons. The maximum atomic E-state index is 11.3. The van der Waals surface area contributed by atoms with Gasteiger partial charge in [0.25, 0.3) is 0 Å². The van der Waals surface area contributed by atoms with Crippen molar-refractivity contribution in [1.82, 2.24) is 0 Å². The summed E-state index contributed by atoms with van der Waals surface area (Å²) in [6, 6.07) is 13.9. The number of hydrogen-bond acceptors (Lipinski definition) is 7. The van der Waals surface area contributed by atoms with Gasteiger partial charge in [0, 0.05) is 11.6 Å². The van der Waals surface area contributed by atoms with Gasteiger partial charge < -0.3 is 10.2 Å². The largest absolute Gasteiger partial charge is 0.457 e. The molecule has 0 saturated heterocycles. The number of nitriles is 3. The standard InChI is InChI=1S/C17H11N5O3S/c18-8-12(17(21)13(9-19)10-20)7-14-3-6-16(25-14)11-1-4-15(5-2-11)26(22,23)24/h1-7H,21H2,(H2,22,23,24)/b12-7+. The Morgan fingerprint density at radius 2 is 1.62 bits per heavy atom. The van der Waals surface area contributed by atoms with Gasteiger partial charge in [0.15, 0.2) is 5.57 Å². The number of nitrogens with two attached hydrogens (primary N) is 2. The number of allylic oxidation sites excluding steroid dienone is 2. The highest BCUT2D eigenvalue weighted by atomic mass is 32.2. The molecule has 0 bridgehead atoms. The highest BCUT2D eigenvalue weighted by Crippen LogP contribution is 2.25. The van der Waals surface area contributed by atoms with Gasteiger partial charge in [0.05, 0.1) is 16.2 Å². The van der Waals surface area contributed by atoms with E-state index >= 15 is 0 Å². The zero-order chi connectivity index (χ0) is 19.3. The molecule has 9 heteroatoms. The summed E-state index contributed by atoms with van der Waals surface area (Å²) in [6.45, 7) is 0. The molecule has 1 heterocycles. The van der Waals surface area contributed by atoms with Crippen LogP contribution in [0, 0.1) is 34.0 Å². The third-order valence-corrected chi connectivity index (χ3v) is 4.21. The lowest BCUT2D eigenvalue weighted by Crippen LogP contribution is -2.11. The van der Waals surface area contributed by atoms with Gasteiger partial charge in [0.2, 0.25) is 10.0 Å². The molecule has 1 aromatic carbocycles. The molecule has 0 aliphatic heterocycles. The lowest BCUT2D eigenvalue weighted by atomic mass is 10.1. The molecular formula is C17H11N5O3S. The predicted octanol–water partition coefficient (Wildman–Crippen LogP) is 1.76. The van der Waals surface area contributed by atoms with Gasteiger partial charge in [-0.25, -0.2) is 13.6 Å². The third kappa shape index (κ3) is 3.97. The number of nitrogens with zero attached hydrogens (tertiary/aromatic N) is 3. The smallest absolute Gasteiger partial charge is 0.238 e. The van der Waals surface area contributed by atoms with Crippen molar-refractivity contribution in [3.8, 4) is 29.5 Å². The van der Waals surface area contributed by atoms with E-state index in [0.717, 1.165) is 0 Å². The van der Waals surface area contributed by atoms with E-state index in [1.54, 1.807) is 24.3 Å². The van der Waals surface area contributed by atoms with Gasteiger partial charge in [-0.1, -0.05) is 0 Å². The molecule has 0 aliphatic rings. The van der Waals surface area contributed by atoms with Crippen LogP contribution in [0.3, 0.4) is 0 Å². The van der Waals surface area contributed by atoms with Crippen molar-refractivity contribution in [1.29, 1.82) is 15.8 Å². The summed E-state index contributed by atoms with van der Waals surface area (Å²) in [6.07, 6.45) is 1.30. The molecule has 0 aliphatic carbocycles. The van der Waals surface area contributed by atoms with Crippen LogP contribution in [0.4, 0.5) is 0 Å². The molecule has 1 aromatic heterocycles. The molecule has 2 rings (SSSR count). The molecule has 2 aromatic rings. The summed E-state index contributed by atoms with van der Waals surface area (Å²) in [7, 11) is -3.79. The van der Waals surface area contributed by atoms with Gasteiger partial charge in [-0.2, -0.15) is 15.8 Å². The molecule has 4 N–H and O–H groups in total. The second kappa shape index (κ2) is 7.37. The van der Waals surface area contributed by atoms with Gasteiger partial charge >= 0.3 is 0 Å². The van der Waals surface area contributed by atoms with Crippen LogP contribution in [0.5, 0.6) is 0 Å². The van der Waals surface area contributed by atoms with Gasteiger partial charge in [-0.15, -0.1) is 0 Å². The Kier molecular flexibility index (Phi) is 5.24. The first-order valence-electron chi connectivity index (χ1n) is 6.95. The van der Waals surface area contributed by atoms with Crippen LogP contribution in [0.15, 0.2) is 62.6 Å². The molecular weight excluding hydrogens is 354 g/mol.